The highest BCUT2D eigenvalue weighted by molar-refractivity contribution is 5.94. The molecule has 0 aromatic heterocycles. The van der Waals surface area contributed by atoms with Crippen LogP contribution in [-0.4, -0.2) is 68.1 Å². The predicted molar refractivity (Wildman–Crippen MR) is 115 cm³/mol. The van der Waals surface area contributed by atoms with Gasteiger partial charge in [-0.1, -0.05) is 42.5 Å². The van der Waals surface area contributed by atoms with Crippen LogP contribution in [0, 0.1) is 0 Å². The number of methoxy groups -OCH3 is 1. The average molecular weight is 393 g/mol. The molecule has 2 aromatic rings. The number of esters is 1. The summed E-state index contributed by atoms with van der Waals surface area (Å²) in [5.74, 6) is -0.437. The molecule has 6 heteroatoms. The van der Waals surface area contributed by atoms with Crippen molar-refractivity contribution < 1.29 is 14.3 Å². The van der Waals surface area contributed by atoms with Crippen molar-refractivity contribution in [3.05, 3.63) is 71.8 Å². The fraction of sp³-hybridized carbons (Fsp3) is 0.304. The lowest BCUT2D eigenvalue weighted by molar-refractivity contribution is -0.117. The van der Waals surface area contributed by atoms with Crippen molar-refractivity contribution in [2.75, 3.05) is 51.7 Å². The van der Waals surface area contributed by atoms with E-state index < -0.39 is 0 Å². The number of hydrogen-bond donors (Lipinski definition) is 1. The number of anilines is 1. The molecule has 6 nitrogen and oxygen atoms in total. The molecule has 0 saturated carbocycles. The molecule has 1 fully saturated rings. The highest BCUT2D eigenvalue weighted by Crippen LogP contribution is 2.11. The van der Waals surface area contributed by atoms with E-state index in [0.29, 0.717) is 17.8 Å². The van der Waals surface area contributed by atoms with E-state index in [-0.39, 0.29) is 11.9 Å². The molecular weight excluding hydrogens is 366 g/mol. The maximum Gasteiger partial charge on any atom is 0.337 e. The van der Waals surface area contributed by atoms with Gasteiger partial charge in [-0.2, -0.15) is 0 Å². The lowest BCUT2D eigenvalue weighted by Crippen LogP contribution is -2.48. The largest absolute Gasteiger partial charge is 0.465 e. The van der Waals surface area contributed by atoms with Gasteiger partial charge < -0.3 is 10.1 Å². The minimum absolute atomic E-state index is 0.0479. The lowest BCUT2D eigenvalue weighted by Gasteiger charge is -2.33. The van der Waals surface area contributed by atoms with Gasteiger partial charge in [-0.05, 0) is 29.8 Å². The van der Waals surface area contributed by atoms with Crippen LogP contribution < -0.4 is 5.32 Å². The number of piperazine rings is 1. The summed E-state index contributed by atoms with van der Waals surface area (Å²) in [6.45, 7) is 4.91. The molecule has 1 heterocycles. The molecule has 0 atom stereocenters. The summed E-state index contributed by atoms with van der Waals surface area (Å²) in [5, 5.41) is 2.88. The SMILES string of the molecule is COC(=O)c1ccc(NC(=O)CN2CCN(CC=Cc3ccccc3)CC2)cc1. The molecule has 1 aliphatic heterocycles. The highest BCUT2D eigenvalue weighted by Gasteiger charge is 2.18. The monoisotopic (exact) mass is 393 g/mol. The lowest BCUT2D eigenvalue weighted by atomic mass is 10.2. The Bertz CT molecular complexity index is 826. The third-order valence-corrected chi connectivity index (χ3v) is 4.90. The van der Waals surface area contributed by atoms with Gasteiger partial charge in [0.1, 0.15) is 0 Å². The fourth-order valence-corrected chi connectivity index (χ4v) is 3.24. The summed E-state index contributed by atoms with van der Waals surface area (Å²) >= 11 is 0. The number of carbonyl (C=O) groups excluding carboxylic acids is 2. The van der Waals surface area contributed by atoms with E-state index in [4.69, 9.17) is 0 Å². The summed E-state index contributed by atoms with van der Waals surface area (Å²) in [6.07, 6.45) is 4.33. The molecule has 0 radical (unpaired) electrons. The summed E-state index contributed by atoms with van der Waals surface area (Å²) in [6, 6.07) is 17.0. The first-order valence-corrected chi connectivity index (χ1v) is 9.78. The molecule has 3 rings (SSSR count). The molecule has 0 bridgehead atoms. The molecule has 152 valence electrons. The Labute approximate surface area is 171 Å². The number of hydrogen-bond acceptors (Lipinski definition) is 5. The molecule has 1 saturated heterocycles. The van der Waals surface area contributed by atoms with E-state index in [1.165, 1.54) is 12.7 Å². The number of rotatable bonds is 7. The first-order valence-electron chi connectivity index (χ1n) is 9.78. The van der Waals surface area contributed by atoms with Crippen molar-refractivity contribution in [3.8, 4) is 0 Å². The number of carbonyl (C=O) groups is 2. The zero-order chi connectivity index (χ0) is 20.5. The number of benzene rings is 2. The van der Waals surface area contributed by atoms with Crippen LogP contribution in [0.1, 0.15) is 15.9 Å². The Morgan fingerprint density at radius 1 is 0.966 bits per heavy atom. The Hall–Kier alpha value is -2.96. The van der Waals surface area contributed by atoms with Crippen LogP contribution in [-0.2, 0) is 9.53 Å². The fourth-order valence-electron chi connectivity index (χ4n) is 3.24. The topological polar surface area (TPSA) is 61.9 Å². The van der Waals surface area contributed by atoms with Crippen molar-refractivity contribution in [1.82, 2.24) is 9.80 Å². The van der Waals surface area contributed by atoms with Crippen molar-refractivity contribution in [1.29, 1.82) is 0 Å². The van der Waals surface area contributed by atoms with Gasteiger partial charge in [-0.15, -0.1) is 0 Å². The minimum atomic E-state index is -0.389. The van der Waals surface area contributed by atoms with Crippen molar-refractivity contribution in [3.63, 3.8) is 0 Å². The first-order chi connectivity index (χ1) is 14.1. The van der Waals surface area contributed by atoms with Crippen molar-refractivity contribution in [2.24, 2.45) is 0 Å². The second-order valence-electron chi connectivity index (χ2n) is 7.01. The standard InChI is InChI=1S/C23H27N3O3/c1-29-23(28)20-9-11-21(12-10-20)24-22(27)18-26-16-14-25(15-17-26)13-5-8-19-6-3-2-4-7-19/h2-12H,13-18H2,1H3,(H,24,27). The molecule has 29 heavy (non-hydrogen) atoms. The smallest absolute Gasteiger partial charge is 0.337 e. The Morgan fingerprint density at radius 2 is 1.62 bits per heavy atom. The van der Waals surface area contributed by atoms with E-state index in [2.05, 4.69) is 44.1 Å². The van der Waals surface area contributed by atoms with Crippen LogP contribution in [0.4, 0.5) is 5.69 Å². The Balaban J connectivity index is 1.38. The van der Waals surface area contributed by atoms with Crippen LogP contribution in [0.2, 0.25) is 0 Å². The van der Waals surface area contributed by atoms with Crippen LogP contribution >= 0.6 is 0 Å². The number of nitrogens with zero attached hydrogens (tertiary/aromatic N) is 2. The molecule has 1 amide bonds. The molecule has 1 aliphatic rings. The molecule has 0 aliphatic carbocycles. The van der Waals surface area contributed by atoms with Gasteiger partial charge in [0.15, 0.2) is 0 Å². The van der Waals surface area contributed by atoms with Gasteiger partial charge in [0.2, 0.25) is 5.91 Å². The van der Waals surface area contributed by atoms with Crippen LogP contribution in [0.3, 0.4) is 0 Å². The molecule has 1 N–H and O–H groups in total. The normalized spacial score (nSPS) is 15.3. The van der Waals surface area contributed by atoms with E-state index >= 15 is 0 Å². The van der Waals surface area contributed by atoms with Gasteiger partial charge >= 0.3 is 5.97 Å². The zero-order valence-electron chi connectivity index (χ0n) is 16.7. The number of ether oxygens (including phenoxy) is 1. The quantitative estimate of drug-likeness (QED) is 0.733. The molecule has 0 unspecified atom stereocenters. The molecule has 2 aromatic carbocycles. The summed E-state index contributed by atoms with van der Waals surface area (Å²) in [5.41, 5.74) is 2.35. The van der Waals surface area contributed by atoms with Crippen molar-refractivity contribution >= 4 is 23.6 Å². The maximum absolute atomic E-state index is 12.3. The third kappa shape index (κ3) is 6.55. The highest BCUT2D eigenvalue weighted by atomic mass is 16.5. The van der Waals surface area contributed by atoms with Gasteiger partial charge in [0.25, 0.3) is 0 Å². The van der Waals surface area contributed by atoms with Gasteiger partial charge in [-0.25, -0.2) is 4.79 Å². The van der Waals surface area contributed by atoms with Gasteiger partial charge in [-0.3, -0.25) is 14.6 Å². The summed E-state index contributed by atoms with van der Waals surface area (Å²) in [7, 11) is 1.34. The summed E-state index contributed by atoms with van der Waals surface area (Å²) in [4.78, 5) is 28.3. The number of amides is 1. The van der Waals surface area contributed by atoms with E-state index in [9.17, 15) is 9.59 Å². The van der Waals surface area contributed by atoms with Crippen LogP contribution in [0.5, 0.6) is 0 Å². The van der Waals surface area contributed by atoms with E-state index in [1.807, 2.05) is 18.2 Å². The molecular formula is C23H27N3O3. The van der Waals surface area contributed by atoms with Gasteiger partial charge in [0.05, 0.1) is 19.2 Å². The third-order valence-electron chi connectivity index (χ3n) is 4.90. The first kappa shape index (κ1) is 20.8. The second-order valence-corrected chi connectivity index (χ2v) is 7.01. The van der Waals surface area contributed by atoms with E-state index in [0.717, 1.165) is 32.7 Å². The van der Waals surface area contributed by atoms with Crippen molar-refractivity contribution in [2.45, 2.75) is 0 Å². The zero-order valence-corrected chi connectivity index (χ0v) is 16.7. The van der Waals surface area contributed by atoms with Crippen LogP contribution in [0.15, 0.2) is 60.7 Å². The number of nitrogens with one attached hydrogen (secondary N) is 1. The predicted octanol–water partition coefficient (Wildman–Crippen LogP) is 2.74. The van der Waals surface area contributed by atoms with E-state index in [1.54, 1.807) is 24.3 Å². The maximum atomic E-state index is 12.3. The van der Waals surface area contributed by atoms with Crippen LogP contribution in [0.25, 0.3) is 6.08 Å². The molecule has 0 spiro atoms. The average Bonchev–Trinajstić information content (AvgIpc) is 2.75. The Morgan fingerprint density at radius 3 is 2.28 bits per heavy atom. The van der Waals surface area contributed by atoms with Gasteiger partial charge in [0, 0.05) is 38.4 Å². The second kappa shape index (κ2) is 10.5. The Kier molecular flexibility index (Phi) is 7.55. The minimum Gasteiger partial charge on any atom is -0.465 e. The summed E-state index contributed by atoms with van der Waals surface area (Å²) < 4.78 is 4.67.